The molecule has 0 radical (unpaired) electrons. The van der Waals surface area contributed by atoms with Crippen molar-refractivity contribution in [2.75, 3.05) is 5.32 Å². The van der Waals surface area contributed by atoms with Crippen LogP contribution in [0.5, 0.6) is 0 Å². The van der Waals surface area contributed by atoms with Crippen LogP contribution in [0.15, 0.2) is 30.3 Å². The molecule has 0 atom stereocenters. The zero-order chi connectivity index (χ0) is 14.0. The van der Waals surface area contributed by atoms with E-state index < -0.39 is 0 Å². The lowest BCUT2D eigenvalue weighted by molar-refractivity contribution is -0.118. The summed E-state index contributed by atoms with van der Waals surface area (Å²) in [6.07, 6.45) is 3.76. The van der Waals surface area contributed by atoms with E-state index in [-0.39, 0.29) is 11.3 Å². The number of nitrogens with zero attached hydrogens (tertiary/aromatic N) is 2. The van der Waals surface area contributed by atoms with Crippen LogP contribution in [0.4, 0.5) is 5.13 Å². The van der Waals surface area contributed by atoms with Gasteiger partial charge in [0.15, 0.2) is 0 Å². The summed E-state index contributed by atoms with van der Waals surface area (Å²) in [6, 6.07) is 9.98. The molecule has 1 N–H and O–H groups in total. The fraction of sp³-hybridized carbons (Fsp3) is 0.400. The Hall–Kier alpha value is -1.75. The molecular weight excluding hydrogens is 270 g/mol. The number of rotatable bonds is 5. The molecule has 1 heterocycles. The summed E-state index contributed by atoms with van der Waals surface area (Å²) in [5, 5.41) is 12.7. The second-order valence-electron chi connectivity index (χ2n) is 5.15. The summed E-state index contributed by atoms with van der Waals surface area (Å²) >= 11 is 1.47. The van der Waals surface area contributed by atoms with Gasteiger partial charge in [-0.15, -0.1) is 10.2 Å². The fourth-order valence-corrected chi connectivity index (χ4v) is 3.20. The largest absolute Gasteiger partial charge is 0.300 e. The predicted molar refractivity (Wildman–Crippen MR) is 79.9 cm³/mol. The van der Waals surface area contributed by atoms with Crippen LogP contribution in [-0.4, -0.2) is 16.1 Å². The highest BCUT2D eigenvalue weighted by Crippen LogP contribution is 2.48. The Bertz CT molecular complexity index is 605. The van der Waals surface area contributed by atoms with Gasteiger partial charge in [-0.1, -0.05) is 48.6 Å². The molecule has 1 amide bonds. The van der Waals surface area contributed by atoms with Gasteiger partial charge in [-0.05, 0) is 24.8 Å². The van der Waals surface area contributed by atoms with E-state index in [1.807, 2.05) is 30.3 Å². The van der Waals surface area contributed by atoms with Crippen LogP contribution < -0.4 is 5.32 Å². The van der Waals surface area contributed by atoms with Crippen molar-refractivity contribution in [2.45, 2.75) is 38.0 Å². The maximum absolute atomic E-state index is 12.5. The Morgan fingerprint density at radius 3 is 2.70 bits per heavy atom. The number of carbonyl (C=O) groups is 1. The molecule has 20 heavy (non-hydrogen) atoms. The van der Waals surface area contributed by atoms with Gasteiger partial charge in [0.1, 0.15) is 5.01 Å². The topological polar surface area (TPSA) is 54.9 Å². The van der Waals surface area contributed by atoms with Gasteiger partial charge in [0, 0.05) is 6.42 Å². The van der Waals surface area contributed by atoms with Gasteiger partial charge in [0.05, 0.1) is 5.41 Å². The average Bonchev–Trinajstić information content (AvgIpc) is 3.18. The second-order valence-corrected chi connectivity index (χ2v) is 6.22. The molecule has 0 bridgehead atoms. The third-order valence-electron chi connectivity index (χ3n) is 3.66. The number of carbonyl (C=O) groups excluding carboxylic acids is 1. The van der Waals surface area contributed by atoms with Crippen LogP contribution >= 0.6 is 11.3 Å². The third kappa shape index (κ3) is 2.45. The number of anilines is 1. The average molecular weight is 287 g/mol. The molecule has 1 aromatic heterocycles. The monoisotopic (exact) mass is 287 g/mol. The fourth-order valence-electron chi connectivity index (χ4n) is 2.36. The van der Waals surface area contributed by atoms with E-state index in [0.29, 0.717) is 5.13 Å². The molecule has 0 unspecified atom stereocenters. The third-order valence-corrected chi connectivity index (χ3v) is 4.56. The first-order valence-electron chi connectivity index (χ1n) is 6.94. The first kappa shape index (κ1) is 13.2. The Balaban J connectivity index is 1.73. The van der Waals surface area contributed by atoms with E-state index in [2.05, 4.69) is 22.4 Å². The van der Waals surface area contributed by atoms with E-state index in [4.69, 9.17) is 0 Å². The Morgan fingerprint density at radius 1 is 1.30 bits per heavy atom. The van der Waals surface area contributed by atoms with Gasteiger partial charge < -0.3 is 0 Å². The molecule has 0 saturated heterocycles. The molecule has 1 aromatic carbocycles. The molecule has 1 aliphatic carbocycles. The van der Waals surface area contributed by atoms with Crippen LogP contribution in [-0.2, 0) is 16.6 Å². The zero-order valence-corrected chi connectivity index (χ0v) is 12.2. The van der Waals surface area contributed by atoms with Crippen molar-refractivity contribution in [3.8, 4) is 0 Å². The van der Waals surface area contributed by atoms with E-state index in [1.165, 1.54) is 11.3 Å². The molecule has 1 fully saturated rings. The minimum absolute atomic E-state index is 0.0444. The van der Waals surface area contributed by atoms with Crippen LogP contribution in [0.25, 0.3) is 0 Å². The Labute approximate surface area is 122 Å². The number of nitrogens with one attached hydrogen (secondary N) is 1. The SMILES string of the molecule is CCCc1nnc(NC(=O)C2(c3ccccc3)CC2)s1. The summed E-state index contributed by atoms with van der Waals surface area (Å²) in [5.41, 5.74) is 0.744. The highest BCUT2D eigenvalue weighted by molar-refractivity contribution is 7.15. The van der Waals surface area contributed by atoms with Gasteiger partial charge >= 0.3 is 0 Å². The summed E-state index contributed by atoms with van der Waals surface area (Å²) in [7, 11) is 0. The van der Waals surface area contributed by atoms with Crippen molar-refractivity contribution in [3.63, 3.8) is 0 Å². The van der Waals surface area contributed by atoms with Crippen LogP contribution in [0.1, 0.15) is 36.8 Å². The number of amides is 1. The van der Waals surface area contributed by atoms with Crippen molar-refractivity contribution >= 4 is 22.4 Å². The van der Waals surface area contributed by atoms with Crippen LogP contribution in [0.3, 0.4) is 0 Å². The van der Waals surface area contributed by atoms with Crippen molar-refractivity contribution < 1.29 is 4.79 Å². The summed E-state index contributed by atoms with van der Waals surface area (Å²) in [5.74, 6) is 0.0444. The first-order chi connectivity index (χ1) is 9.74. The maximum atomic E-state index is 12.5. The lowest BCUT2D eigenvalue weighted by atomic mass is 9.95. The maximum Gasteiger partial charge on any atom is 0.236 e. The second kappa shape index (κ2) is 5.32. The number of hydrogen-bond donors (Lipinski definition) is 1. The standard InChI is InChI=1S/C15H17N3OS/c1-2-6-12-17-18-14(20-12)16-13(19)15(9-10-15)11-7-4-3-5-8-11/h3-5,7-8H,2,6,9-10H2,1H3,(H,16,18,19). The predicted octanol–water partition coefficient (Wildman–Crippen LogP) is 3.16. The van der Waals surface area contributed by atoms with E-state index >= 15 is 0 Å². The lowest BCUT2D eigenvalue weighted by Crippen LogP contribution is -2.27. The quantitative estimate of drug-likeness (QED) is 0.919. The van der Waals surface area contributed by atoms with Crippen molar-refractivity contribution in [1.82, 2.24) is 10.2 Å². The zero-order valence-electron chi connectivity index (χ0n) is 11.4. The highest BCUT2D eigenvalue weighted by Gasteiger charge is 2.51. The lowest BCUT2D eigenvalue weighted by Gasteiger charge is -2.13. The van der Waals surface area contributed by atoms with Gasteiger partial charge in [-0.2, -0.15) is 0 Å². The van der Waals surface area contributed by atoms with Gasteiger partial charge in [0.25, 0.3) is 0 Å². The number of benzene rings is 1. The summed E-state index contributed by atoms with van der Waals surface area (Å²) in [6.45, 7) is 2.11. The molecule has 5 heteroatoms. The minimum atomic E-state index is -0.349. The summed E-state index contributed by atoms with van der Waals surface area (Å²) < 4.78 is 0. The number of aromatic nitrogens is 2. The van der Waals surface area contributed by atoms with Crippen LogP contribution in [0.2, 0.25) is 0 Å². The van der Waals surface area contributed by atoms with E-state index in [0.717, 1.165) is 36.3 Å². The molecule has 3 rings (SSSR count). The normalized spacial score (nSPS) is 15.8. The highest BCUT2D eigenvalue weighted by atomic mass is 32.1. The molecule has 1 saturated carbocycles. The van der Waals surface area contributed by atoms with Gasteiger partial charge in [-0.25, -0.2) is 0 Å². The molecule has 4 nitrogen and oxygen atoms in total. The first-order valence-corrected chi connectivity index (χ1v) is 7.75. The molecule has 1 aliphatic rings. The molecule has 104 valence electrons. The van der Waals surface area contributed by atoms with Crippen molar-refractivity contribution in [3.05, 3.63) is 40.9 Å². The molecular formula is C15H17N3OS. The van der Waals surface area contributed by atoms with Gasteiger partial charge in [0.2, 0.25) is 11.0 Å². The van der Waals surface area contributed by atoms with Crippen molar-refractivity contribution in [2.24, 2.45) is 0 Å². The number of aryl methyl sites for hydroxylation is 1. The molecule has 2 aromatic rings. The van der Waals surface area contributed by atoms with E-state index in [9.17, 15) is 4.79 Å². The summed E-state index contributed by atoms with van der Waals surface area (Å²) in [4.78, 5) is 12.5. The van der Waals surface area contributed by atoms with E-state index in [1.54, 1.807) is 0 Å². The smallest absolute Gasteiger partial charge is 0.236 e. The van der Waals surface area contributed by atoms with Crippen LogP contribution in [0, 0.1) is 0 Å². The van der Waals surface area contributed by atoms with Crippen molar-refractivity contribution in [1.29, 1.82) is 0 Å². The molecule has 0 spiro atoms. The number of hydrogen-bond acceptors (Lipinski definition) is 4. The van der Waals surface area contributed by atoms with Gasteiger partial charge in [-0.3, -0.25) is 10.1 Å². The minimum Gasteiger partial charge on any atom is -0.300 e. The Kier molecular flexibility index (Phi) is 3.53. The Morgan fingerprint density at radius 2 is 2.05 bits per heavy atom. The molecule has 0 aliphatic heterocycles.